The van der Waals surface area contributed by atoms with Crippen LogP contribution < -0.4 is 5.56 Å². The van der Waals surface area contributed by atoms with E-state index in [4.69, 9.17) is 0 Å². The van der Waals surface area contributed by atoms with Crippen LogP contribution in [0, 0.1) is 11.8 Å². The lowest BCUT2D eigenvalue weighted by Crippen LogP contribution is -2.45. The first-order valence-corrected chi connectivity index (χ1v) is 7.23. The first-order valence-electron chi connectivity index (χ1n) is 7.23. The lowest BCUT2D eigenvalue weighted by molar-refractivity contribution is -0.140. The molecule has 2 atom stereocenters. The number of carbonyl (C=O) groups excluding carboxylic acids is 1. The van der Waals surface area contributed by atoms with E-state index in [1.807, 2.05) is 13.8 Å². The topological polar surface area (TPSA) is 42.3 Å². The summed E-state index contributed by atoms with van der Waals surface area (Å²) in [5.41, 5.74) is -2.43. The smallest absolute Gasteiger partial charge is 0.341 e. The van der Waals surface area contributed by atoms with Gasteiger partial charge in [-0.15, -0.1) is 0 Å². The zero-order chi connectivity index (χ0) is 16.5. The van der Waals surface area contributed by atoms with Crippen molar-refractivity contribution in [3.05, 3.63) is 34.2 Å². The van der Waals surface area contributed by atoms with Crippen molar-refractivity contribution in [2.75, 3.05) is 13.1 Å². The molecule has 1 aliphatic heterocycles. The number of piperidine rings is 1. The molecule has 2 rings (SSSR count). The van der Waals surface area contributed by atoms with Crippen LogP contribution in [0.15, 0.2) is 23.1 Å². The molecule has 0 bridgehead atoms. The molecule has 1 saturated heterocycles. The summed E-state index contributed by atoms with van der Waals surface area (Å²) in [4.78, 5) is 25.7. The predicted molar refractivity (Wildman–Crippen MR) is 75.2 cm³/mol. The van der Waals surface area contributed by atoms with Crippen LogP contribution in [0.4, 0.5) is 13.2 Å². The molecule has 1 aliphatic rings. The predicted octanol–water partition coefficient (Wildman–Crippen LogP) is 2.37. The number of hydrogen-bond donors (Lipinski definition) is 0. The van der Waals surface area contributed by atoms with Gasteiger partial charge in [0.15, 0.2) is 0 Å². The van der Waals surface area contributed by atoms with E-state index in [0.717, 1.165) is 23.1 Å². The van der Waals surface area contributed by atoms with Crippen LogP contribution in [-0.2, 0) is 17.5 Å². The highest BCUT2D eigenvalue weighted by atomic mass is 19.4. The van der Waals surface area contributed by atoms with Crippen LogP contribution in [0.2, 0.25) is 0 Å². The van der Waals surface area contributed by atoms with E-state index in [9.17, 15) is 22.8 Å². The van der Waals surface area contributed by atoms with Gasteiger partial charge in [-0.25, -0.2) is 0 Å². The second kappa shape index (κ2) is 6.14. The third kappa shape index (κ3) is 3.69. The first kappa shape index (κ1) is 16.6. The highest BCUT2D eigenvalue weighted by Crippen LogP contribution is 2.26. The minimum absolute atomic E-state index is 0.320. The molecule has 22 heavy (non-hydrogen) atoms. The Morgan fingerprint density at radius 3 is 2.41 bits per heavy atom. The maximum Gasteiger partial charge on any atom is 0.421 e. The van der Waals surface area contributed by atoms with E-state index >= 15 is 0 Å². The summed E-state index contributed by atoms with van der Waals surface area (Å²) in [6.07, 6.45) is -2.48. The lowest BCUT2D eigenvalue weighted by atomic mass is 9.92. The Morgan fingerprint density at radius 2 is 1.86 bits per heavy atom. The molecule has 4 nitrogen and oxygen atoms in total. The van der Waals surface area contributed by atoms with Gasteiger partial charge in [0.2, 0.25) is 5.91 Å². The van der Waals surface area contributed by atoms with E-state index in [0.29, 0.717) is 24.9 Å². The number of hydrogen-bond acceptors (Lipinski definition) is 2. The summed E-state index contributed by atoms with van der Waals surface area (Å²) in [7, 11) is 0. The van der Waals surface area contributed by atoms with Crippen molar-refractivity contribution in [3.63, 3.8) is 0 Å². The molecular formula is C15H19F3N2O2. The normalized spacial score (nSPS) is 22.7. The monoisotopic (exact) mass is 316 g/mol. The number of alkyl halides is 3. The molecule has 7 heteroatoms. The Kier molecular flexibility index (Phi) is 4.63. The van der Waals surface area contributed by atoms with Gasteiger partial charge in [-0.05, 0) is 30.4 Å². The third-order valence-electron chi connectivity index (χ3n) is 3.85. The number of pyridine rings is 1. The summed E-state index contributed by atoms with van der Waals surface area (Å²) in [6, 6.07) is 1.87. The minimum atomic E-state index is -4.71. The molecule has 0 saturated carbocycles. The first-order chi connectivity index (χ1) is 10.2. The SMILES string of the molecule is CC1CC(C)CN(C(=O)Cn2cccc(C(F)(F)F)c2=O)C1. The van der Waals surface area contributed by atoms with Gasteiger partial charge in [0.25, 0.3) is 5.56 Å². The van der Waals surface area contributed by atoms with Crippen molar-refractivity contribution < 1.29 is 18.0 Å². The number of halogens is 3. The molecule has 2 unspecified atom stereocenters. The van der Waals surface area contributed by atoms with E-state index in [1.165, 1.54) is 6.20 Å². The largest absolute Gasteiger partial charge is 0.421 e. The average molecular weight is 316 g/mol. The molecular weight excluding hydrogens is 297 g/mol. The van der Waals surface area contributed by atoms with Gasteiger partial charge in [-0.2, -0.15) is 13.2 Å². The lowest BCUT2D eigenvalue weighted by Gasteiger charge is -2.35. The van der Waals surface area contributed by atoms with Crippen molar-refractivity contribution in [3.8, 4) is 0 Å². The van der Waals surface area contributed by atoms with Gasteiger partial charge in [0, 0.05) is 19.3 Å². The number of aromatic nitrogens is 1. The zero-order valence-corrected chi connectivity index (χ0v) is 12.6. The molecule has 1 amide bonds. The Labute approximate surface area is 126 Å². The number of likely N-dealkylation sites (tertiary alicyclic amines) is 1. The number of rotatable bonds is 2. The van der Waals surface area contributed by atoms with Gasteiger partial charge in [0.1, 0.15) is 12.1 Å². The van der Waals surface area contributed by atoms with Crippen molar-refractivity contribution in [2.24, 2.45) is 11.8 Å². The molecule has 0 radical (unpaired) electrons. The van der Waals surface area contributed by atoms with Crippen LogP contribution >= 0.6 is 0 Å². The van der Waals surface area contributed by atoms with Gasteiger partial charge in [0.05, 0.1) is 0 Å². The van der Waals surface area contributed by atoms with Gasteiger partial charge >= 0.3 is 6.18 Å². The summed E-state index contributed by atoms with van der Waals surface area (Å²) in [5, 5.41) is 0. The average Bonchev–Trinajstić information content (AvgIpc) is 2.38. The molecule has 122 valence electrons. The summed E-state index contributed by atoms with van der Waals surface area (Å²) >= 11 is 0. The molecule has 2 heterocycles. The summed E-state index contributed by atoms with van der Waals surface area (Å²) in [6.45, 7) is 4.87. The van der Waals surface area contributed by atoms with E-state index in [2.05, 4.69) is 0 Å². The molecule has 0 aliphatic carbocycles. The molecule has 0 spiro atoms. The van der Waals surface area contributed by atoms with Crippen LogP contribution in [0.25, 0.3) is 0 Å². The van der Waals surface area contributed by atoms with E-state index in [-0.39, 0.29) is 12.5 Å². The maximum atomic E-state index is 12.7. The van der Waals surface area contributed by atoms with Crippen LogP contribution in [0.3, 0.4) is 0 Å². The number of amides is 1. The third-order valence-corrected chi connectivity index (χ3v) is 3.85. The van der Waals surface area contributed by atoms with Crippen LogP contribution in [-0.4, -0.2) is 28.5 Å². The highest BCUT2D eigenvalue weighted by Gasteiger charge is 2.34. The van der Waals surface area contributed by atoms with Gasteiger partial charge < -0.3 is 9.47 Å². The molecule has 0 N–H and O–H groups in total. The Bertz CT molecular complexity index is 600. The number of nitrogens with zero attached hydrogens (tertiary/aromatic N) is 2. The van der Waals surface area contributed by atoms with Gasteiger partial charge in [-0.3, -0.25) is 9.59 Å². The zero-order valence-electron chi connectivity index (χ0n) is 12.6. The second-order valence-electron chi connectivity index (χ2n) is 6.10. The summed E-state index contributed by atoms with van der Waals surface area (Å²) in [5.74, 6) is 0.386. The molecule has 1 aromatic rings. The molecule has 1 aromatic heterocycles. The van der Waals surface area contributed by atoms with Crippen LogP contribution in [0.1, 0.15) is 25.8 Å². The quantitative estimate of drug-likeness (QED) is 0.840. The molecule has 0 aromatic carbocycles. The summed E-state index contributed by atoms with van der Waals surface area (Å²) < 4.78 is 39.0. The maximum absolute atomic E-state index is 12.7. The number of carbonyl (C=O) groups is 1. The van der Waals surface area contributed by atoms with Crippen molar-refractivity contribution in [2.45, 2.75) is 33.0 Å². The van der Waals surface area contributed by atoms with Crippen molar-refractivity contribution in [1.29, 1.82) is 0 Å². The van der Waals surface area contributed by atoms with Crippen molar-refractivity contribution >= 4 is 5.91 Å². The van der Waals surface area contributed by atoms with Crippen LogP contribution in [0.5, 0.6) is 0 Å². The van der Waals surface area contributed by atoms with E-state index < -0.39 is 17.3 Å². The van der Waals surface area contributed by atoms with E-state index in [1.54, 1.807) is 4.90 Å². The standard InChI is InChI=1S/C15H19F3N2O2/c1-10-6-11(2)8-20(7-10)13(21)9-19-5-3-4-12(14(19)22)15(16,17)18/h3-5,10-11H,6-9H2,1-2H3. The minimum Gasteiger partial charge on any atom is -0.341 e. The fourth-order valence-electron chi connectivity index (χ4n) is 2.99. The Hall–Kier alpha value is -1.79. The molecule has 1 fully saturated rings. The van der Waals surface area contributed by atoms with Crippen molar-refractivity contribution in [1.82, 2.24) is 9.47 Å². The fraction of sp³-hybridized carbons (Fsp3) is 0.600. The van der Waals surface area contributed by atoms with Gasteiger partial charge in [-0.1, -0.05) is 13.8 Å². The highest BCUT2D eigenvalue weighted by molar-refractivity contribution is 5.76. The fourth-order valence-corrected chi connectivity index (χ4v) is 2.99. The Morgan fingerprint density at radius 1 is 1.27 bits per heavy atom. The second-order valence-corrected chi connectivity index (χ2v) is 6.10. The Balaban J connectivity index is 2.17.